The van der Waals surface area contributed by atoms with E-state index in [0.29, 0.717) is 19.3 Å². The Hall–Kier alpha value is -1.17. The van der Waals surface area contributed by atoms with Crippen LogP contribution in [0.1, 0.15) is 37.3 Å². The fraction of sp³-hybridized carbons (Fsp3) is 0.571. The summed E-state index contributed by atoms with van der Waals surface area (Å²) >= 11 is 0. The molecule has 1 aliphatic carbocycles. The average molecular weight is 293 g/mol. The van der Waals surface area contributed by atoms with Crippen LogP contribution in [0.2, 0.25) is 0 Å². The van der Waals surface area contributed by atoms with Gasteiger partial charge in [0.1, 0.15) is 0 Å². The van der Waals surface area contributed by atoms with E-state index < -0.39 is 35.7 Å². The van der Waals surface area contributed by atoms with Gasteiger partial charge >= 0.3 is 6.18 Å². The standard InChI is InChI=1S/C14H16F5N/c15-11-6-5-8(7-12(11)16)13(20)9-3-1-2-4-10(9)14(17,18)19/h5-7,9-10,13H,1-4,20H2. The summed E-state index contributed by atoms with van der Waals surface area (Å²) in [6, 6.07) is 2.11. The van der Waals surface area contributed by atoms with E-state index in [1.54, 1.807) is 0 Å². The molecule has 0 amide bonds. The molecule has 1 nitrogen and oxygen atoms in total. The molecule has 0 aliphatic heterocycles. The molecule has 112 valence electrons. The number of hydrogen-bond acceptors (Lipinski definition) is 1. The highest BCUT2D eigenvalue weighted by Gasteiger charge is 2.47. The van der Waals surface area contributed by atoms with E-state index in [2.05, 4.69) is 0 Å². The maximum absolute atomic E-state index is 13.2. The van der Waals surface area contributed by atoms with E-state index in [1.807, 2.05) is 0 Å². The molecule has 1 aromatic carbocycles. The largest absolute Gasteiger partial charge is 0.392 e. The Balaban J connectivity index is 2.25. The fourth-order valence-corrected chi connectivity index (χ4v) is 2.96. The first-order valence-electron chi connectivity index (χ1n) is 6.58. The maximum Gasteiger partial charge on any atom is 0.392 e. The van der Waals surface area contributed by atoms with Crippen LogP contribution in [0.15, 0.2) is 18.2 Å². The molecule has 0 bridgehead atoms. The Labute approximate surface area is 114 Å². The topological polar surface area (TPSA) is 26.0 Å². The van der Waals surface area contributed by atoms with Crippen molar-refractivity contribution in [2.75, 3.05) is 0 Å². The first-order chi connectivity index (χ1) is 9.30. The lowest BCUT2D eigenvalue weighted by molar-refractivity contribution is -0.198. The minimum Gasteiger partial charge on any atom is -0.324 e. The van der Waals surface area contributed by atoms with Crippen LogP contribution in [-0.4, -0.2) is 6.18 Å². The van der Waals surface area contributed by atoms with Crippen molar-refractivity contribution in [3.05, 3.63) is 35.4 Å². The lowest BCUT2D eigenvalue weighted by atomic mass is 9.73. The molecule has 1 aromatic rings. The summed E-state index contributed by atoms with van der Waals surface area (Å²) in [5.74, 6) is -4.37. The SMILES string of the molecule is NC(c1ccc(F)c(F)c1)C1CCCCC1C(F)(F)F. The molecule has 20 heavy (non-hydrogen) atoms. The number of alkyl halides is 3. The highest BCUT2D eigenvalue weighted by atomic mass is 19.4. The molecule has 2 rings (SSSR count). The van der Waals surface area contributed by atoms with Gasteiger partial charge < -0.3 is 5.73 Å². The van der Waals surface area contributed by atoms with E-state index in [-0.39, 0.29) is 12.0 Å². The molecule has 3 atom stereocenters. The summed E-state index contributed by atoms with van der Waals surface area (Å²) in [5, 5.41) is 0. The molecule has 1 saturated carbocycles. The third-order valence-corrected chi connectivity index (χ3v) is 4.03. The van der Waals surface area contributed by atoms with Gasteiger partial charge in [-0.2, -0.15) is 13.2 Å². The molecular formula is C14H16F5N. The zero-order valence-electron chi connectivity index (χ0n) is 10.8. The number of halogens is 5. The second-order valence-corrected chi connectivity index (χ2v) is 5.30. The number of hydrogen-bond donors (Lipinski definition) is 1. The summed E-state index contributed by atoms with van der Waals surface area (Å²) in [6.07, 6.45) is -2.71. The van der Waals surface area contributed by atoms with Crippen molar-refractivity contribution in [3.8, 4) is 0 Å². The third-order valence-electron chi connectivity index (χ3n) is 4.03. The maximum atomic E-state index is 13.2. The van der Waals surface area contributed by atoms with E-state index in [4.69, 9.17) is 5.73 Å². The lowest BCUT2D eigenvalue weighted by Crippen LogP contribution is -2.38. The second-order valence-electron chi connectivity index (χ2n) is 5.30. The predicted octanol–water partition coefficient (Wildman–Crippen LogP) is 4.33. The minimum absolute atomic E-state index is 0.0472. The highest BCUT2D eigenvalue weighted by molar-refractivity contribution is 5.22. The van der Waals surface area contributed by atoms with Gasteiger partial charge in [-0.05, 0) is 36.5 Å². The zero-order valence-corrected chi connectivity index (χ0v) is 10.8. The van der Waals surface area contributed by atoms with Crippen molar-refractivity contribution in [2.45, 2.75) is 37.9 Å². The predicted molar refractivity (Wildman–Crippen MR) is 64.8 cm³/mol. The molecule has 0 saturated heterocycles. The first-order valence-corrected chi connectivity index (χ1v) is 6.58. The molecule has 6 heteroatoms. The van der Waals surface area contributed by atoms with E-state index in [9.17, 15) is 22.0 Å². The number of rotatable bonds is 2. The van der Waals surface area contributed by atoms with E-state index >= 15 is 0 Å². The lowest BCUT2D eigenvalue weighted by Gasteiger charge is -2.36. The van der Waals surface area contributed by atoms with Crippen LogP contribution in [0.3, 0.4) is 0 Å². The van der Waals surface area contributed by atoms with E-state index in [0.717, 1.165) is 12.1 Å². The molecule has 0 aromatic heterocycles. The van der Waals surface area contributed by atoms with Crippen LogP contribution in [-0.2, 0) is 0 Å². The molecule has 0 radical (unpaired) electrons. The van der Waals surface area contributed by atoms with Gasteiger partial charge in [0.05, 0.1) is 5.92 Å². The van der Waals surface area contributed by atoms with Crippen molar-refractivity contribution in [1.29, 1.82) is 0 Å². The quantitative estimate of drug-likeness (QED) is 0.807. The van der Waals surface area contributed by atoms with Gasteiger partial charge in [-0.1, -0.05) is 18.9 Å². The van der Waals surface area contributed by atoms with Crippen molar-refractivity contribution in [3.63, 3.8) is 0 Å². The van der Waals surface area contributed by atoms with Crippen LogP contribution >= 0.6 is 0 Å². The number of benzene rings is 1. The van der Waals surface area contributed by atoms with Crippen LogP contribution < -0.4 is 5.73 Å². The Bertz CT molecular complexity index is 471. The van der Waals surface area contributed by atoms with Crippen LogP contribution in [0.25, 0.3) is 0 Å². The molecule has 1 aliphatic rings. The van der Waals surface area contributed by atoms with Gasteiger partial charge in [-0.25, -0.2) is 8.78 Å². The van der Waals surface area contributed by atoms with Gasteiger partial charge in [0.2, 0.25) is 0 Å². The normalized spacial score (nSPS) is 25.5. The minimum atomic E-state index is -4.30. The Kier molecular flexibility index (Phi) is 4.32. The van der Waals surface area contributed by atoms with Crippen molar-refractivity contribution < 1.29 is 22.0 Å². The van der Waals surface area contributed by atoms with Gasteiger partial charge in [-0.3, -0.25) is 0 Å². The van der Waals surface area contributed by atoms with Crippen molar-refractivity contribution in [2.24, 2.45) is 17.6 Å². The zero-order chi connectivity index (χ0) is 14.9. The Morgan fingerprint density at radius 3 is 2.30 bits per heavy atom. The highest BCUT2D eigenvalue weighted by Crippen LogP contribution is 2.45. The molecule has 2 N–H and O–H groups in total. The Morgan fingerprint density at radius 2 is 1.70 bits per heavy atom. The van der Waals surface area contributed by atoms with Crippen molar-refractivity contribution in [1.82, 2.24) is 0 Å². The fourth-order valence-electron chi connectivity index (χ4n) is 2.96. The van der Waals surface area contributed by atoms with Gasteiger partial charge in [-0.15, -0.1) is 0 Å². The average Bonchev–Trinajstić information content (AvgIpc) is 2.40. The smallest absolute Gasteiger partial charge is 0.324 e. The van der Waals surface area contributed by atoms with Crippen LogP contribution in [0.5, 0.6) is 0 Å². The summed E-state index contributed by atoms with van der Waals surface area (Å²) < 4.78 is 65.1. The van der Waals surface area contributed by atoms with Gasteiger partial charge in [0, 0.05) is 6.04 Å². The summed E-state index contributed by atoms with van der Waals surface area (Å²) in [5.41, 5.74) is 6.10. The molecule has 3 unspecified atom stereocenters. The summed E-state index contributed by atoms with van der Waals surface area (Å²) in [7, 11) is 0. The summed E-state index contributed by atoms with van der Waals surface area (Å²) in [4.78, 5) is 0. The van der Waals surface area contributed by atoms with E-state index in [1.165, 1.54) is 6.07 Å². The molecular weight excluding hydrogens is 277 g/mol. The first kappa shape index (κ1) is 15.2. The third kappa shape index (κ3) is 3.11. The van der Waals surface area contributed by atoms with Crippen LogP contribution in [0, 0.1) is 23.5 Å². The molecule has 1 fully saturated rings. The van der Waals surface area contributed by atoms with Gasteiger partial charge in [0.15, 0.2) is 11.6 Å². The molecule has 0 heterocycles. The second kappa shape index (κ2) is 5.68. The Morgan fingerprint density at radius 1 is 1.05 bits per heavy atom. The van der Waals surface area contributed by atoms with Crippen LogP contribution in [0.4, 0.5) is 22.0 Å². The molecule has 0 spiro atoms. The monoisotopic (exact) mass is 293 g/mol. The van der Waals surface area contributed by atoms with Crippen molar-refractivity contribution >= 4 is 0 Å². The van der Waals surface area contributed by atoms with Gasteiger partial charge in [0.25, 0.3) is 0 Å². The number of nitrogens with two attached hydrogens (primary N) is 1. The summed E-state index contributed by atoms with van der Waals surface area (Å²) in [6.45, 7) is 0.